The summed E-state index contributed by atoms with van der Waals surface area (Å²) in [5.74, 6) is 0.962. The van der Waals surface area contributed by atoms with E-state index in [2.05, 4.69) is 81.5 Å². The third-order valence-electron chi connectivity index (χ3n) is 5.46. The Morgan fingerprint density at radius 2 is 1.31 bits per heavy atom. The Kier molecular flexibility index (Phi) is 8.43. The Balaban J connectivity index is 1.73. The zero-order valence-corrected chi connectivity index (χ0v) is 16.7. The zero-order valence-electron chi connectivity index (χ0n) is 16.7. The lowest BCUT2D eigenvalue weighted by molar-refractivity contribution is -0.923. The van der Waals surface area contributed by atoms with E-state index in [9.17, 15) is 0 Å². The highest BCUT2D eigenvalue weighted by atomic mass is 16.5. The topological polar surface area (TPSA) is 9.23 Å². The summed E-state index contributed by atoms with van der Waals surface area (Å²) in [4.78, 5) is 0. The maximum Gasteiger partial charge on any atom is 0.119 e. The highest BCUT2D eigenvalue weighted by Gasteiger charge is 2.19. The first-order valence-corrected chi connectivity index (χ1v) is 10.0. The van der Waals surface area contributed by atoms with Gasteiger partial charge >= 0.3 is 0 Å². The molecule has 0 N–H and O–H groups in total. The van der Waals surface area contributed by atoms with E-state index in [-0.39, 0.29) is 0 Å². The molecule has 2 aromatic carbocycles. The molecule has 0 spiro atoms. The van der Waals surface area contributed by atoms with E-state index < -0.39 is 0 Å². The van der Waals surface area contributed by atoms with Crippen LogP contribution >= 0.6 is 0 Å². The first-order chi connectivity index (χ1) is 12.7. The molecule has 0 saturated heterocycles. The van der Waals surface area contributed by atoms with Crippen LogP contribution in [0.3, 0.4) is 0 Å². The second kappa shape index (κ2) is 10.8. The number of unbranched alkanes of at least 4 members (excludes halogenated alkanes) is 1. The van der Waals surface area contributed by atoms with Crippen LogP contribution in [-0.4, -0.2) is 37.3 Å². The predicted octanol–water partition coefficient (Wildman–Crippen LogP) is 5.89. The van der Waals surface area contributed by atoms with Crippen molar-refractivity contribution >= 4 is 12.2 Å². The zero-order chi connectivity index (χ0) is 18.7. The summed E-state index contributed by atoms with van der Waals surface area (Å²) in [5.41, 5.74) is 2.41. The van der Waals surface area contributed by atoms with Crippen LogP contribution in [0.2, 0.25) is 0 Å². The van der Waals surface area contributed by atoms with Crippen LogP contribution in [0.1, 0.15) is 44.7 Å². The standard InChI is InChI=1S/C24H34NO/c1-4-25(5-2,6-3)20-10-11-21-26-24-18-16-23(17-19-24)15-14-22-12-8-7-9-13-22/h7-9,12-19H,4-6,10-11,20-21H2,1-3H3/q+1/b15-14+. The fourth-order valence-electron chi connectivity index (χ4n) is 3.32. The molecule has 0 aliphatic carbocycles. The molecule has 2 aromatic rings. The molecular formula is C24H34NO+. The Hall–Kier alpha value is -2.06. The van der Waals surface area contributed by atoms with Crippen LogP contribution in [0, 0.1) is 0 Å². The van der Waals surface area contributed by atoms with Crippen LogP contribution in [0.15, 0.2) is 54.6 Å². The average Bonchev–Trinajstić information content (AvgIpc) is 2.71. The van der Waals surface area contributed by atoms with Crippen molar-refractivity contribution in [2.45, 2.75) is 33.6 Å². The highest BCUT2D eigenvalue weighted by molar-refractivity contribution is 5.69. The minimum Gasteiger partial charge on any atom is -0.494 e. The van der Waals surface area contributed by atoms with Crippen LogP contribution in [0.5, 0.6) is 5.75 Å². The molecular weight excluding hydrogens is 318 g/mol. The predicted molar refractivity (Wildman–Crippen MR) is 113 cm³/mol. The number of benzene rings is 2. The minimum absolute atomic E-state index is 0.802. The average molecular weight is 353 g/mol. The lowest BCUT2D eigenvalue weighted by atomic mass is 10.1. The quantitative estimate of drug-likeness (QED) is 0.278. The van der Waals surface area contributed by atoms with Crippen molar-refractivity contribution in [1.29, 1.82) is 0 Å². The van der Waals surface area contributed by atoms with E-state index in [0.29, 0.717) is 0 Å². The van der Waals surface area contributed by atoms with Gasteiger partial charge < -0.3 is 9.22 Å². The van der Waals surface area contributed by atoms with Crippen molar-refractivity contribution in [3.05, 3.63) is 65.7 Å². The van der Waals surface area contributed by atoms with Gasteiger partial charge in [-0.1, -0.05) is 54.6 Å². The van der Waals surface area contributed by atoms with Crippen molar-refractivity contribution in [2.75, 3.05) is 32.8 Å². The Morgan fingerprint density at radius 1 is 0.731 bits per heavy atom. The van der Waals surface area contributed by atoms with Gasteiger partial charge in [0, 0.05) is 0 Å². The molecule has 0 bridgehead atoms. The molecule has 0 radical (unpaired) electrons. The first kappa shape index (κ1) is 20.3. The number of quaternary nitrogens is 1. The van der Waals surface area contributed by atoms with Gasteiger partial charge in [0.2, 0.25) is 0 Å². The Bertz CT molecular complexity index is 633. The normalized spacial score (nSPS) is 11.8. The summed E-state index contributed by atoms with van der Waals surface area (Å²) < 4.78 is 7.13. The molecule has 0 amide bonds. The molecule has 0 unspecified atom stereocenters. The van der Waals surface area contributed by atoms with Gasteiger partial charge in [0.05, 0.1) is 32.8 Å². The molecule has 0 fully saturated rings. The van der Waals surface area contributed by atoms with Crippen molar-refractivity contribution < 1.29 is 9.22 Å². The van der Waals surface area contributed by atoms with E-state index in [4.69, 9.17) is 4.74 Å². The van der Waals surface area contributed by atoms with Crippen LogP contribution < -0.4 is 4.74 Å². The van der Waals surface area contributed by atoms with E-state index in [1.54, 1.807) is 0 Å². The largest absolute Gasteiger partial charge is 0.494 e. The maximum atomic E-state index is 5.91. The second-order valence-electron chi connectivity index (χ2n) is 6.88. The second-order valence-corrected chi connectivity index (χ2v) is 6.88. The van der Waals surface area contributed by atoms with Crippen LogP contribution in [-0.2, 0) is 0 Å². The van der Waals surface area contributed by atoms with Gasteiger partial charge in [0.15, 0.2) is 0 Å². The number of ether oxygens (including phenoxy) is 1. The van der Waals surface area contributed by atoms with Crippen LogP contribution in [0.25, 0.3) is 12.2 Å². The van der Waals surface area contributed by atoms with E-state index in [0.717, 1.165) is 18.8 Å². The molecule has 0 atom stereocenters. The SMILES string of the molecule is CC[N+](CC)(CC)CCCCOc1ccc(/C=C/c2ccccc2)cc1. The molecule has 0 aliphatic rings. The summed E-state index contributed by atoms with van der Waals surface area (Å²) in [5, 5.41) is 0. The van der Waals surface area contributed by atoms with Gasteiger partial charge in [-0.2, -0.15) is 0 Å². The number of hydrogen-bond donors (Lipinski definition) is 0. The molecule has 0 aromatic heterocycles. The van der Waals surface area contributed by atoms with Gasteiger partial charge in [0.25, 0.3) is 0 Å². The lowest BCUT2D eigenvalue weighted by Crippen LogP contribution is -2.48. The molecule has 140 valence electrons. The number of rotatable bonds is 11. The molecule has 2 nitrogen and oxygen atoms in total. The van der Waals surface area contributed by atoms with Crippen molar-refractivity contribution in [1.82, 2.24) is 0 Å². The van der Waals surface area contributed by atoms with Gasteiger partial charge in [-0.05, 0) is 56.9 Å². The van der Waals surface area contributed by atoms with E-state index >= 15 is 0 Å². The molecule has 0 saturated carbocycles. The Labute approximate surface area is 159 Å². The molecule has 2 heteroatoms. The highest BCUT2D eigenvalue weighted by Crippen LogP contribution is 2.15. The molecule has 26 heavy (non-hydrogen) atoms. The lowest BCUT2D eigenvalue weighted by Gasteiger charge is -2.35. The summed E-state index contributed by atoms with van der Waals surface area (Å²) in [6.45, 7) is 12.7. The number of nitrogens with zero attached hydrogens (tertiary/aromatic N) is 1. The van der Waals surface area contributed by atoms with Gasteiger partial charge in [0.1, 0.15) is 5.75 Å². The molecule has 0 heterocycles. The van der Waals surface area contributed by atoms with Gasteiger partial charge in [-0.3, -0.25) is 0 Å². The van der Waals surface area contributed by atoms with Gasteiger partial charge in [-0.25, -0.2) is 0 Å². The van der Waals surface area contributed by atoms with E-state index in [1.165, 1.54) is 48.2 Å². The Morgan fingerprint density at radius 3 is 1.88 bits per heavy atom. The molecule has 0 aliphatic heterocycles. The van der Waals surface area contributed by atoms with Crippen molar-refractivity contribution in [2.24, 2.45) is 0 Å². The fraction of sp³-hybridized carbons (Fsp3) is 0.417. The summed E-state index contributed by atoms with van der Waals surface area (Å²) in [6.07, 6.45) is 6.62. The smallest absolute Gasteiger partial charge is 0.119 e. The third kappa shape index (κ3) is 6.34. The summed E-state index contributed by atoms with van der Waals surface area (Å²) >= 11 is 0. The maximum absolute atomic E-state index is 5.91. The minimum atomic E-state index is 0.802. The van der Waals surface area contributed by atoms with Crippen molar-refractivity contribution in [3.63, 3.8) is 0 Å². The number of hydrogen-bond acceptors (Lipinski definition) is 1. The monoisotopic (exact) mass is 352 g/mol. The third-order valence-corrected chi connectivity index (χ3v) is 5.46. The fourth-order valence-corrected chi connectivity index (χ4v) is 3.32. The van der Waals surface area contributed by atoms with Crippen molar-refractivity contribution in [3.8, 4) is 5.75 Å². The van der Waals surface area contributed by atoms with E-state index in [1.807, 2.05) is 6.07 Å². The van der Waals surface area contributed by atoms with Crippen LogP contribution in [0.4, 0.5) is 0 Å². The summed E-state index contributed by atoms with van der Waals surface area (Å²) in [6, 6.07) is 18.7. The summed E-state index contributed by atoms with van der Waals surface area (Å²) in [7, 11) is 0. The molecule has 2 rings (SSSR count). The van der Waals surface area contributed by atoms with Gasteiger partial charge in [-0.15, -0.1) is 0 Å². The first-order valence-electron chi connectivity index (χ1n) is 10.0.